The molecule has 0 amide bonds. The Balaban J connectivity index is 1.08. The second kappa shape index (κ2) is 10.9. The molecule has 2 heterocycles. The zero-order chi connectivity index (χ0) is 28.6. The minimum atomic E-state index is 0.134. The van der Waals surface area contributed by atoms with Crippen LogP contribution in [0.3, 0.4) is 0 Å². The summed E-state index contributed by atoms with van der Waals surface area (Å²) in [7, 11) is 0. The molecule has 0 radical (unpaired) electrons. The van der Waals surface area contributed by atoms with Crippen molar-refractivity contribution in [2.24, 2.45) is 0 Å². The van der Waals surface area contributed by atoms with E-state index >= 15 is 0 Å². The Labute approximate surface area is 246 Å². The summed E-state index contributed by atoms with van der Waals surface area (Å²) in [5.41, 5.74) is 8.25. The van der Waals surface area contributed by atoms with Crippen LogP contribution >= 0.6 is 0 Å². The molecule has 0 saturated heterocycles. The summed E-state index contributed by atoms with van der Waals surface area (Å²) in [6.07, 6.45) is 5.50. The summed E-state index contributed by atoms with van der Waals surface area (Å²) in [5, 5.41) is 4.92. The number of carbonyl (C=O) groups is 1. The van der Waals surface area contributed by atoms with Crippen LogP contribution in [0.1, 0.15) is 40.7 Å². The van der Waals surface area contributed by atoms with Gasteiger partial charge in [0, 0.05) is 33.9 Å². The summed E-state index contributed by atoms with van der Waals surface area (Å²) >= 11 is 0. The lowest BCUT2D eigenvalue weighted by atomic mass is 10.0. The van der Waals surface area contributed by atoms with Crippen molar-refractivity contribution in [1.29, 1.82) is 0 Å². The van der Waals surface area contributed by atoms with Crippen LogP contribution in [0.5, 0.6) is 0 Å². The van der Waals surface area contributed by atoms with Gasteiger partial charge in [0.2, 0.25) is 12.1 Å². The topological polar surface area (TPSA) is 30.8 Å². The minimum absolute atomic E-state index is 0.134. The van der Waals surface area contributed by atoms with Gasteiger partial charge in [0.15, 0.2) is 17.6 Å². The van der Waals surface area contributed by atoms with Gasteiger partial charge in [0.05, 0.1) is 6.54 Å². The molecule has 7 aromatic rings. The molecule has 5 aromatic carbocycles. The van der Waals surface area contributed by atoms with E-state index in [1.165, 1.54) is 38.4 Å². The number of aryl methyl sites for hydroxylation is 4. The van der Waals surface area contributed by atoms with Gasteiger partial charge >= 0.3 is 0 Å². The minimum Gasteiger partial charge on any atom is -0.340 e. The van der Waals surface area contributed by atoms with Gasteiger partial charge in [-0.1, -0.05) is 72.8 Å². The highest BCUT2D eigenvalue weighted by atomic mass is 16.1. The fraction of sp³-hybridized carbons (Fsp3) is 0.211. The van der Waals surface area contributed by atoms with Gasteiger partial charge in [-0.05, 0) is 85.3 Å². The summed E-state index contributed by atoms with van der Waals surface area (Å²) in [6, 6.07) is 36.2. The average molecular weight is 551 g/mol. The number of para-hydroxylation sites is 2. The molecule has 0 aliphatic heterocycles. The normalized spacial score (nSPS) is 11.8. The Kier molecular flexibility index (Phi) is 6.83. The van der Waals surface area contributed by atoms with Crippen molar-refractivity contribution in [2.75, 3.05) is 0 Å². The monoisotopic (exact) mass is 550 g/mol. The fourth-order valence-corrected chi connectivity index (χ4v) is 6.42. The van der Waals surface area contributed by atoms with E-state index < -0.39 is 0 Å². The van der Waals surface area contributed by atoms with Crippen LogP contribution in [0.4, 0.5) is 0 Å². The van der Waals surface area contributed by atoms with Crippen LogP contribution in [0.25, 0.3) is 43.6 Å². The number of aromatic nitrogens is 3. The zero-order valence-electron chi connectivity index (χ0n) is 24.4. The smallest absolute Gasteiger partial charge is 0.245 e. The summed E-state index contributed by atoms with van der Waals surface area (Å²) in [5.74, 6) is 0.134. The molecule has 0 saturated carbocycles. The number of ketones is 1. The number of unbranched alkanes of at least 4 members (excludes halogenated alkanes) is 2. The first-order chi connectivity index (χ1) is 20.6. The number of carbonyl (C=O) groups excluding carboxylic acids is 1. The van der Waals surface area contributed by atoms with Crippen molar-refractivity contribution in [3.8, 4) is 0 Å². The number of hydrogen-bond donors (Lipinski definition) is 0. The van der Waals surface area contributed by atoms with E-state index in [2.05, 4.69) is 107 Å². The van der Waals surface area contributed by atoms with Crippen molar-refractivity contribution in [3.05, 3.63) is 126 Å². The summed E-state index contributed by atoms with van der Waals surface area (Å²) in [6.45, 7) is 6.60. The van der Waals surface area contributed by atoms with Gasteiger partial charge in [-0.2, -0.15) is 0 Å². The highest BCUT2D eigenvalue weighted by Crippen LogP contribution is 2.29. The predicted molar refractivity (Wildman–Crippen MR) is 173 cm³/mol. The molecule has 4 heteroatoms. The maximum absolute atomic E-state index is 13.4. The first kappa shape index (κ1) is 26.2. The first-order valence-electron chi connectivity index (χ1n) is 15.0. The highest BCUT2D eigenvalue weighted by molar-refractivity contribution is 6.08. The summed E-state index contributed by atoms with van der Waals surface area (Å²) < 4.78 is 6.96. The number of fused-ring (bicyclic) bond motifs is 5. The quantitative estimate of drug-likeness (QED) is 0.101. The van der Waals surface area contributed by atoms with Gasteiger partial charge in [0.25, 0.3) is 0 Å². The van der Waals surface area contributed by atoms with Crippen molar-refractivity contribution in [3.63, 3.8) is 0 Å². The standard InChI is InChI=1S/C38H36N3O/c1-27-22-36-37(23-28(27)2)40(25-38(42)31-19-18-29-12-4-5-13-30(29)24-31)26-39(36)20-10-3-11-21-41-34-16-8-6-14-32(34)33-15-7-9-17-35(33)41/h4-9,12-19,22-24,26H,3,10-11,20-21,25H2,1-2H3/q+1. The van der Waals surface area contributed by atoms with E-state index in [4.69, 9.17) is 0 Å². The van der Waals surface area contributed by atoms with Crippen LogP contribution in [0.15, 0.2) is 109 Å². The number of imidazole rings is 1. The molecule has 42 heavy (non-hydrogen) atoms. The number of benzene rings is 5. The lowest BCUT2D eigenvalue weighted by Crippen LogP contribution is -2.37. The Morgan fingerprint density at radius 1 is 0.643 bits per heavy atom. The van der Waals surface area contributed by atoms with Gasteiger partial charge < -0.3 is 4.57 Å². The molecule has 0 unspecified atom stereocenters. The van der Waals surface area contributed by atoms with Crippen molar-refractivity contribution < 1.29 is 9.36 Å². The number of Topliss-reactive ketones (excluding diaryl/α,β-unsaturated/α-hetero) is 1. The summed E-state index contributed by atoms with van der Waals surface area (Å²) in [4.78, 5) is 13.4. The van der Waals surface area contributed by atoms with Crippen molar-refractivity contribution in [2.45, 2.75) is 52.7 Å². The maximum Gasteiger partial charge on any atom is 0.245 e. The molecule has 7 rings (SSSR count). The average Bonchev–Trinajstić information content (AvgIpc) is 3.51. The molecule has 208 valence electrons. The first-order valence-corrected chi connectivity index (χ1v) is 15.0. The lowest BCUT2D eigenvalue weighted by molar-refractivity contribution is -0.658. The molecular weight excluding hydrogens is 514 g/mol. The van der Waals surface area contributed by atoms with Crippen LogP contribution in [0.2, 0.25) is 0 Å². The molecule has 0 atom stereocenters. The predicted octanol–water partition coefficient (Wildman–Crippen LogP) is 8.56. The molecule has 2 aromatic heterocycles. The van der Waals surface area contributed by atoms with Crippen molar-refractivity contribution >= 4 is 49.4 Å². The second-order valence-electron chi connectivity index (χ2n) is 11.6. The van der Waals surface area contributed by atoms with Crippen LogP contribution < -0.4 is 4.57 Å². The maximum atomic E-state index is 13.4. The number of hydrogen-bond acceptors (Lipinski definition) is 1. The number of nitrogens with zero attached hydrogens (tertiary/aromatic N) is 3. The Morgan fingerprint density at radius 2 is 1.29 bits per heavy atom. The molecule has 0 N–H and O–H groups in total. The van der Waals surface area contributed by atoms with Gasteiger partial charge in [-0.25, -0.2) is 9.13 Å². The Bertz CT molecular complexity index is 2040. The largest absolute Gasteiger partial charge is 0.340 e. The third-order valence-corrected chi connectivity index (χ3v) is 8.83. The molecule has 0 bridgehead atoms. The van der Waals surface area contributed by atoms with Gasteiger partial charge in [-0.3, -0.25) is 4.79 Å². The van der Waals surface area contributed by atoms with Gasteiger partial charge in [0.1, 0.15) is 0 Å². The van der Waals surface area contributed by atoms with E-state index in [9.17, 15) is 4.79 Å². The third-order valence-electron chi connectivity index (χ3n) is 8.83. The molecule has 0 aliphatic rings. The van der Waals surface area contributed by atoms with Crippen LogP contribution in [-0.2, 0) is 19.6 Å². The molecule has 0 aliphatic carbocycles. The van der Waals surface area contributed by atoms with Crippen LogP contribution in [0, 0.1) is 13.8 Å². The Morgan fingerprint density at radius 3 is 2.05 bits per heavy atom. The van der Waals surface area contributed by atoms with Crippen molar-refractivity contribution in [1.82, 2.24) is 9.13 Å². The van der Waals surface area contributed by atoms with Crippen LogP contribution in [-0.4, -0.2) is 14.9 Å². The third kappa shape index (κ3) is 4.77. The number of rotatable bonds is 9. The van der Waals surface area contributed by atoms with Gasteiger partial charge in [-0.15, -0.1) is 0 Å². The molecular formula is C38H36N3O+. The second-order valence-corrected chi connectivity index (χ2v) is 11.6. The lowest BCUT2D eigenvalue weighted by Gasteiger charge is -2.07. The fourth-order valence-electron chi connectivity index (χ4n) is 6.42. The molecule has 4 nitrogen and oxygen atoms in total. The zero-order valence-corrected chi connectivity index (χ0v) is 24.4. The Hall–Kier alpha value is -4.70. The van der Waals surface area contributed by atoms with E-state index in [1.54, 1.807) is 0 Å². The van der Waals surface area contributed by atoms with E-state index in [0.717, 1.165) is 54.2 Å². The van der Waals surface area contributed by atoms with E-state index in [-0.39, 0.29) is 5.78 Å². The molecule has 0 fully saturated rings. The highest BCUT2D eigenvalue weighted by Gasteiger charge is 2.20. The molecule has 0 spiro atoms. The van der Waals surface area contributed by atoms with E-state index in [1.807, 2.05) is 30.3 Å². The van der Waals surface area contributed by atoms with E-state index in [0.29, 0.717) is 6.54 Å². The SMILES string of the molecule is Cc1cc2c(cc1C)[n+](CC(=O)c1ccc3ccccc3c1)cn2CCCCCn1c2ccccc2c2ccccc21.